The Morgan fingerprint density at radius 3 is 2.61 bits per heavy atom. The molecule has 4 aromatic rings. The molecule has 0 atom stereocenters. The molecule has 0 saturated carbocycles. The molecule has 0 unspecified atom stereocenters. The lowest BCUT2D eigenvalue weighted by atomic mass is 10.1. The van der Waals surface area contributed by atoms with Crippen LogP contribution in [0, 0.1) is 18.3 Å². The number of hydrogen-bond acceptors (Lipinski definition) is 7. The van der Waals surface area contributed by atoms with Gasteiger partial charge in [-0.1, -0.05) is 42.0 Å². The molecule has 0 N–H and O–H groups in total. The molecule has 1 fully saturated rings. The van der Waals surface area contributed by atoms with Crippen LogP contribution in [0.5, 0.6) is 0 Å². The summed E-state index contributed by atoms with van der Waals surface area (Å²) >= 11 is 0. The molecule has 1 saturated heterocycles. The van der Waals surface area contributed by atoms with Gasteiger partial charge in [-0.05, 0) is 47.5 Å². The fourth-order valence-electron chi connectivity index (χ4n) is 4.32. The molecule has 1 aliphatic rings. The molecule has 8 nitrogen and oxygen atoms in total. The predicted molar refractivity (Wildman–Crippen MR) is 127 cm³/mol. The highest BCUT2D eigenvalue weighted by molar-refractivity contribution is 5.83. The molecule has 8 heteroatoms. The van der Waals surface area contributed by atoms with E-state index in [0.717, 1.165) is 61.7 Å². The third-order valence-electron chi connectivity index (χ3n) is 6.17. The first-order chi connectivity index (χ1) is 16.2. The van der Waals surface area contributed by atoms with Crippen LogP contribution in [0.1, 0.15) is 22.5 Å². The molecule has 2 aromatic heterocycles. The van der Waals surface area contributed by atoms with E-state index in [1.165, 1.54) is 11.1 Å². The fourth-order valence-corrected chi connectivity index (χ4v) is 4.32. The van der Waals surface area contributed by atoms with Crippen LogP contribution in [0.4, 0.5) is 5.82 Å². The topological polar surface area (TPSA) is 86.8 Å². The Balaban J connectivity index is 1.23. The van der Waals surface area contributed by atoms with Crippen molar-refractivity contribution >= 4 is 16.7 Å². The normalized spacial score (nSPS) is 14.5. The Morgan fingerprint density at radius 2 is 1.82 bits per heavy atom. The molecule has 0 amide bonds. The number of tetrazole rings is 1. The van der Waals surface area contributed by atoms with Crippen molar-refractivity contribution in [2.24, 2.45) is 0 Å². The minimum Gasteiger partial charge on any atom is -0.353 e. The zero-order chi connectivity index (χ0) is 22.6. The van der Waals surface area contributed by atoms with Gasteiger partial charge in [-0.25, -0.2) is 9.67 Å². The van der Waals surface area contributed by atoms with Crippen molar-refractivity contribution in [1.29, 1.82) is 5.26 Å². The molecule has 2 aromatic carbocycles. The number of anilines is 1. The minimum absolute atomic E-state index is 0.631. The number of nitrogens with zero attached hydrogens (tertiary/aromatic N) is 8. The summed E-state index contributed by atoms with van der Waals surface area (Å²) < 4.78 is 1.90. The Hall–Kier alpha value is -3.83. The van der Waals surface area contributed by atoms with E-state index in [1.807, 2.05) is 22.9 Å². The van der Waals surface area contributed by atoms with E-state index in [9.17, 15) is 5.26 Å². The van der Waals surface area contributed by atoms with Crippen molar-refractivity contribution in [2.45, 2.75) is 26.4 Å². The SMILES string of the molecule is Cc1ccc2nc(N3CCN(Cc4nnnn4CCc4ccccc4)CC3)c(C#N)cc2c1. The first-order valence-electron chi connectivity index (χ1n) is 11.3. The largest absolute Gasteiger partial charge is 0.353 e. The van der Waals surface area contributed by atoms with Crippen molar-refractivity contribution in [3.05, 3.63) is 77.1 Å². The summed E-state index contributed by atoms with van der Waals surface area (Å²) in [7, 11) is 0. The molecular weight excluding hydrogens is 412 g/mol. The number of piperazine rings is 1. The maximum Gasteiger partial charge on any atom is 0.165 e. The second kappa shape index (κ2) is 9.35. The molecule has 0 radical (unpaired) electrons. The van der Waals surface area contributed by atoms with Crippen molar-refractivity contribution in [2.75, 3.05) is 31.1 Å². The molecular formula is C25H26N8. The summed E-state index contributed by atoms with van der Waals surface area (Å²) in [5.74, 6) is 1.66. The Labute approximate surface area is 193 Å². The quantitative estimate of drug-likeness (QED) is 0.457. The van der Waals surface area contributed by atoms with Gasteiger partial charge in [0.05, 0.1) is 17.6 Å². The van der Waals surface area contributed by atoms with Crippen LogP contribution >= 0.6 is 0 Å². The summed E-state index contributed by atoms with van der Waals surface area (Å²) in [6.45, 7) is 6.88. The maximum atomic E-state index is 9.71. The van der Waals surface area contributed by atoms with E-state index in [-0.39, 0.29) is 0 Å². The van der Waals surface area contributed by atoms with Crippen molar-refractivity contribution in [3.8, 4) is 6.07 Å². The van der Waals surface area contributed by atoms with Crippen molar-refractivity contribution in [1.82, 2.24) is 30.1 Å². The van der Waals surface area contributed by atoms with Crippen LogP contribution < -0.4 is 4.90 Å². The molecule has 0 aliphatic carbocycles. The van der Waals surface area contributed by atoms with Gasteiger partial charge in [0.25, 0.3) is 0 Å². The highest BCUT2D eigenvalue weighted by atomic mass is 15.5. The number of benzene rings is 2. The van der Waals surface area contributed by atoms with E-state index < -0.39 is 0 Å². The minimum atomic E-state index is 0.631. The van der Waals surface area contributed by atoms with E-state index in [2.05, 4.69) is 74.7 Å². The number of nitriles is 1. The van der Waals surface area contributed by atoms with E-state index in [0.29, 0.717) is 12.1 Å². The van der Waals surface area contributed by atoms with E-state index in [1.54, 1.807) is 0 Å². The molecule has 33 heavy (non-hydrogen) atoms. The van der Waals surface area contributed by atoms with Crippen LogP contribution in [0.25, 0.3) is 10.9 Å². The summed E-state index contributed by atoms with van der Waals surface area (Å²) in [5, 5.41) is 23.1. The number of aromatic nitrogens is 5. The van der Waals surface area contributed by atoms with Crippen LogP contribution in [0.15, 0.2) is 54.6 Å². The summed E-state index contributed by atoms with van der Waals surface area (Å²) in [6, 6.07) is 20.8. The van der Waals surface area contributed by atoms with Crippen LogP contribution in [0.3, 0.4) is 0 Å². The lowest BCUT2D eigenvalue weighted by Gasteiger charge is -2.35. The molecule has 0 spiro atoms. The van der Waals surface area contributed by atoms with Gasteiger partial charge in [-0.2, -0.15) is 5.26 Å². The van der Waals surface area contributed by atoms with E-state index >= 15 is 0 Å². The molecule has 166 valence electrons. The number of aryl methyl sites for hydroxylation is 3. The average molecular weight is 439 g/mol. The average Bonchev–Trinajstić information content (AvgIpc) is 3.30. The number of hydrogen-bond donors (Lipinski definition) is 0. The summed E-state index contributed by atoms with van der Waals surface area (Å²) in [4.78, 5) is 9.40. The fraction of sp³-hybridized carbons (Fsp3) is 0.320. The second-order valence-electron chi connectivity index (χ2n) is 8.48. The molecule has 0 bridgehead atoms. The van der Waals surface area contributed by atoms with Crippen LogP contribution in [0.2, 0.25) is 0 Å². The van der Waals surface area contributed by atoms with Crippen LogP contribution in [-0.2, 0) is 19.5 Å². The van der Waals surface area contributed by atoms with Gasteiger partial charge in [0.1, 0.15) is 11.9 Å². The van der Waals surface area contributed by atoms with Gasteiger partial charge in [0.2, 0.25) is 0 Å². The second-order valence-corrected chi connectivity index (χ2v) is 8.48. The van der Waals surface area contributed by atoms with Gasteiger partial charge < -0.3 is 4.90 Å². The third-order valence-corrected chi connectivity index (χ3v) is 6.17. The predicted octanol–water partition coefficient (Wildman–Crippen LogP) is 2.97. The van der Waals surface area contributed by atoms with Gasteiger partial charge in [0.15, 0.2) is 5.82 Å². The standard InChI is InChI=1S/C25H26N8/c1-19-7-8-23-21(15-19)16-22(17-26)25(27-23)32-13-11-31(12-14-32)18-24-28-29-30-33(24)10-9-20-5-3-2-4-6-20/h2-8,15-16H,9-14,18H2,1H3. The third kappa shape index (κ3) is 4.69. The summed E-state index contributed by atoms with van der Waals surface area (Å²) in [6.07, 6.45) is 0.900. The first kappa shape index (κ1) is 21.0. The van der Waals surface area contributed by atoms with Crippen LogP contribution in [-0.4, -0.2) is 56.3 Å². The number of rotatable bonds is 6. The molecule has 3 heterocycles. The van der Waals surface area contributed by atoms with Gasteiger partial charge >= 0.3 is 0 Å². The van der Waals surface area contributed by atoms with Gasteiger partial charge in [-0.3, -0.25) is 4.90 Å². The van der Waals surface area contributed by atoms with Gasteiger partial charge in [-0.15, -0.1) is 5.10 Å². The highest BCUT2D eigenvalue weighted by Gasteiger charge is 2.22. The zero-order valence-corrected chi connectivity index (χ0v) is 18.7. The number of pyridine rings is 1. The Bertz CT molecular complexity index is 1280. The Kier molecular flexibility index (Phi) is 5.96. The lowest BCUT2D eigenvalue weighted by molar-refractivity contribution is 0.238. The zero-order valence-electron chi connectivity index (χ0n) is 18.7. The maximum absolute atomic E-state index is 9.71. The van der Waals surface area contributed by atoms with Crippen molar-refractivity contribution < 1.29 is 0 Å². The van der Waals surface area contributed by atoms with Crippen molar-refractivity contribution in [3.63, 3.8) is 0 Å². The smallest absolute Gasteiger partial charge is 0.165 e. The lowest BCUT2D eigenvalue weighted by Crippen LogP contribution is -2.46. The molecule has 1 aliphatic heterocycles. The highest BCUT2D eigenvalue weighted by Crippen LogP contribution is 2.25. The van der Waals surface area contributed by atoms with E-state index in [4.69, 9.17) is 4.98 Å². The summed E-state index contributed by atoms with van der Waals surface area (Å²) in [5.41, 5.74) is 4.00. The number of fused-ring (bicyclic) bond motifs is 1. The monoisotopic (exact) mass is 438 g/mol. The first-order valence-corrected chi connectivity index (χ1v) is 11.3. The molecule has 5 rings (SSSR count). The van der Waals surface area contributed by atoms with Gasteiger partial charge in [0, 0.05) is 38.1 Å². The Morgan fingerprint density at radius 1 is 1.00 bits per heavy atom.